The standard InChI is InChI=1S/C21H43N/c1-3-4-5-6-7-8-9-10-11-12-13-14-15-16-17-21-18-19-22-20(21)2/h20-22H,3-19H2,1-2H3. The van der Waals surface area contributed by atoms with Crippen molar-refractivity contribution < 1.29 is 0 Å². The summed E-state index contributed by atoms with van der Waals surface area (Å²) >= 11 is 0. The second-order valence-electron chi connectivity index (χ2n) is 7.68. The molecule has 1 heterocycles. The third kappa shape index (κ3) is 10.6. The summed E-state index contributed by atoms with van der Waals surface area (Å²) in [6.07, 6.45) is 23.4. The van der Waals surface area contributed by atoms with E-state index in [0.717, 1.165) is 12.0 Å². The van der Waals surface area contributed by atoms with Gasteiger partial charge in [0, 0.05) is 6.04 Å². The molecule has 0 saturated carbocycles. The van der Waals surface area contributed by atoms with E-state index in [0.29, 0.717) is 0 Å². The molecule has 2 unspecified atom stereocenters. The summed E-state index contributed by atoms with van der Waals surface area (Å²) in [6.45, 7) is 5.92. The van der Waals surface area contributed by atoms with E-state index in [4.69, 9.17) is 0 Å². The highest BCUT2D eigenvalue weighted by molar-refractivity contribution is 4.79. The maximum Gasteiger partial charge on any atom is 0.00674 e. The Morgan fingerprint density at radius 2 is 1.14 bits per heavy atom. The van der Waals surface area contributed by atoms with Crippen molar-refractivity contribution in [3.05, 3.63) is 0 Å². The lowest BCUT2D eigenvalue weighted by Gasteiger charge is -2.14. The van der Waals surface area contributed by atoms with Crippen LogP contribution < -0.4 is 5.32 Å². The van der Waals surface area contributed by atoms with E-state index in [-0.39, 0.29) is 0 Å². The first-order valence-electron chi connectivity index (χ1n) is 10.6. The molecule has 1 fully saturated rings. The predicted octanol–water partition coefficient (Wildman–Crippen LogP) is 6.86. The normalized spacial score (nSPS) is 21.5. The van der Waals surface area contributed by atoms with Crippen LogP contribution in [0.5, 0.6) is 0 Å². The highest BCUT2D eigenvalue weighted by atomic mass is 14.9. The molecule has 0 aromatic heterocycles. The van der Waals surface area contributed by atoms with E-state index in [2.05, 4.69) is 19.2 Å². The molecule has 1 N–H and O–H groups in total. The van der Waals surface area contributed by atoms with E-state index < -0.39 is 0 Å². The van der Waals surface area contributed by atoms with Gasteiger partial charge in [-0.05, 0) is 32.2 Å². The Balaban J connectivity index is 1.69. The lowest BCUT2D eigenvalue weighted by Crippen LogP contribution is -2.22. The summed E-state index contributed by atoms with van der Waals surface area (Å²) in [5, 5.41) is 3.57. The maximum atomic E-state index is 3.57. The molecule has 2 atom stereocenters. The van der Waals surface area contributed by atoms with E-state index in [1.807, 2.05) is 0 Å². The second-order valence-corrected chi connectivity index (χ2v) is 7.68. The largest absolute Gasteiger partial charge is 0.314 e. The van der Waals surface area contributed by atoms with Gasteiger partial charge in [-0.1, -0.05) is 96.8 Å². The highest BCUT2D eigenvalue weighted by Crippen LogP contribution is 2.22. The van der Waals surface area contributed by atoms with Crippen molar-refractivity contribution in [2.45, 2.75) is 123 Å². The fraction of sp³-hybridized carbons (Fsp3) is 1.00. The Labute approximate surface area is 141 Å². The number of unbranched alkanes of at least 4 members (excludes halogenated alkanes) is 13. The first kappa shape index (κ1) is 20.0. The molecule has 0 spiro atoms. The first-order chi connectivity index (χ1) is 10.8. The van der Waals surface area contributed by atoms with Gasteiger partial charge in [0.1, 0.15) is 0 Å². The summed E-state index contributed by atoms with van der Waals surface area (Å²) < 4.78 is 0. The summed E-state index contributed by atoms with van der Waals surface area (Å²) in [5.74, 6) is 0.970. The van der Waals surface area contributed by atoms with Gasteiger partial charge in [0.15, 0.2) is 0 Å². The molecule has 0 bridgehead atoms. The molecule has 1 aliphatic heterocycles. The van der Waals surface area contributed by atoms with Gasteiger partial charge in [-0.3, -0.25) is 0 Å². The first-order valence-corrected chi connectivity index (χ1v) is 10.6. The van der Waals surface area contributed by atoms with Gasteiger partial charge in [0.2, 0.25) is 0 Å². The van der Waals surface area contributed by atoms with Gasteiger partial charge in [0.05, 0.1) is 0 Å². The van der Waals surface area contributed by atoms with Gasteiger partial charge in [-0.15, -0.1) is 0 Å². The smallest absolute Gasteiger partial charge is 0.00674 e. The zero-order valence-corrected chi connectivity index (χ0v) is 15.7. The fourth-order valence-electron chi connectivity index (χ4n) is 3.91. The molecule has 1 aliphatic rings. The molecule has 22 heavy (non-hydrogen) atoms. The van der Waals surface area contributed by atoms with Crippen molar-refractivity contribution >= 4 is 0 Å². The summed E-state index contributed by atoms with van der Waals surface area (Å²) in [6, 6.07) is 0.780. The predicted molar refractivity (Wildman–Crippen MR) is 101 cm³/mol. The molecule has 0 aromatic rings. The molecule has 1 rings (SSSR count). The van der Waals surface area contributed by atoms with E-state index in [9.17, 15) is 0 Å². The average molecular weight is 310 g/mol. The van der Waals surface area contributed by atoms with Gasteiger partial charge < -0.3 is 5.32 Å². The van der Waals surface area contributed by atoms with Crippen molar-refractivity contribution in [3.8, 4) is 0 Å². The third-order valence-electron chi connectivity index (χ3n) is 5.62. The lowest BCUT2D eigenvalue weighted by atomic mass is 9.94. The van der Waals surface area contributed by atoms with Crippen LogP contribution in [-0.2, 0) is 0 Å². The molecule has 132 valence electrons. The van der Waals surface area contributed by atoms with Crippen LogP contribution in [0, 0.1) is 5.92 Å². The Bertz CT molecular complexity index is 226. The summed E-state index contributed by atoms with van der Waals surface area (Å²) in [4.78, 5) is 0. The van der Waals surface area contributed by atoms with Crippen LogP contribution in [0.2, 0.25) is 0 Å². The molecule has 0 amide bonds. The molecule has 1 nitrogen and oxygen atoms in total. The van der Waals surface area contributed by atoms with Crippen LogP contribution in [0.1, 0.15) is 117 Å². The molecule has 0 radical (unpaired) electrons. The average Bonchev–Trinajstić information content (AvgIpc) is 2.93. The summed E-state index contributed by atoms with van der Waals surface area (Å²) in [7, 11) is 0. The zero-order chi connectivity index (χ0) is 15.9. The topological polar surface area (TPSA) is 12.0 Å². The van der Waals surface area contributed by atoms with E-state index in [1.54, 1.807) is 0 Å². The van der Waals surface area contributed by atoms with E-state index >= 15 is 0 Å². The molecule has 1 saturated heterocycles. The molecular weight excluding hydrogens is 266 g/mol. The van der Waals surface area contributed by atoms with Crippen LogP contribution in [0.3, 0.4) is 0 Å². The van der Waals surface area contributed by atoms with E-state index in [1.165, 1.54) is 109 Å². The number of nitrogens with one attached hydrogen (secondary N) is 1. The highest BCUT2D eigenvalue weighted by Gasteiger charge is 2.21. The minimum Gasteiger partial charge on any atom is -0.314 e. The minimum atomic E-state index is 0.780. The number of hydrogen-bond acceptors (Lipinski definition) is 1. The minimum absolute atomic E-state index is 0.780. The molecular formula is C21H43N. The van der Waals surface area contributed by atoms with Gasteiger partial charge in [-0.2, -0.15) is 0 Å². The Kier molecular flexibility index (Phi) is 13.2. The van der Waals surface area contributed by atoms with Crippen LogP contribution in [0.4, 0.5) is 0 Å². The monoisotopic (exact) mass is 309 g/mol. The fourth-order valence-corrected chi connectivity index (χ4v) is 3.91. The SMILES string of the molecule is CCCCCCCCCCCCCCCCC1CCNC1C. The quantitative estimate of drug-likeness (QED) is 0.326. The maximum absolute atomic E-state index is 3.57. The third-order valence-corrected chi connectivity index (χ3v) is 5.62. The van der Waals surface area contributed by atoms with Crippen molar-refractivity contribution in [2.24, 2.45) is 5.92 Å². The van der Waals surface area contributed by atoms with Crippen LogP contribution in [0.25, 0.3) is 0 Å². The second kappa shape index (κ2) is 14.5. The van der Waals surface area contributed by atoms with Crippen LogP contribution in [-0.4, -0.2) is 12.6 Å². The van der Waals surface area contributed by atoms with Crippen molar-refractivity contribution in [1.82, 2.24) is 5.32 Å². The molecule has 0 aromatic carbocycles. The molecule has 1 heteroatoms. The Morgan fingerprint density at radius 1 is 0.682 bits per heavy atom. The van der Waals surface area contributed by atoms with Crippen molar-refractivity contribution in [2.75, 3.05) is 6.54 Å². The van der Waals surface area contributed by atoms with Crippen LogP contribution >= 0.6 is 0 Å². The van der Waals surface area contributed by atoms with Gasteiger partial charge >= 0.3 is 0 Å². The lowest BCUT2D eigenvalue weighted by molar-refractivity contribution is 0.418. The Hall–Kier alpha value is -0.0400. The Morgan fingerprint density at radius 3 is 1.55 bits per heavy atom. The zero-order valence-electron chi connectivity index (χ0n) is 15.7. The summed E-state index contributed by atoms with van der Waals surface area (Å²) in [5.41, 5.74) is 0. The molecule has 0 aliphatic carbocycles. The van der Waals surface area contributed by atoms with Gasteiger partial charge in [-0.25, -0.2) is 0 Å². The van der Waals surface area contributed by atoms with Crippen LogP contribution in [0.15, 0.2) is 0 Å². The number of hydrogen-bond donors (Lipinski definition) is 1. The van der Waals surface area contributed by atoms with Gasteiger partial charge in [0.25, 0.3) is 0 Å². The van der Waals surface area contributed by atoms with Crippen molar-refractivity contribution in [3.63, 3.8) is 0 Å². The number of rotatable bonds is 15. The van der Waals surface area contributed by atoms with Crippen molar-refractivity contribution in [1.29, 1.82) is 0 Å².